The van der Waals surface area contributed by atoms with Crippen molar-refractivity contribution in [1.29, 1.82) is 0 Å². The minimum absolute atomic E-state index is 0.112. The van der Waals surface area contributed by atoms with Crippen molar-refractivity contribution in [3.63, 3.8) is 0 Å². The summed E-state index contributed by atoms with van der Waals surface area (Å²) in [5, 5.41) is 2.67. The fourth-order valence-corrected chi connectivity index (χ4v) is 4.89. The predicted molar refractivity (Wildman–Crippen MR) is 114 cm³/mol. The molecule has 160 valence electrons. The number of rotatable bonds is 7. The van der Waals surface area contributed by atoms with Crippen molar-refractivity contribution in [1.82, 2.24) is 8.61 Å². The summed E-state index contributed by atoms with van der Waals surface area (Å²) in [7, 11) is -2.19. The van der Waals surface area contributed by atoms with Crippen molar-refractivity contribution in [3.05, 3.63) is 59.7 Å². The highest BCUT2D eigenvalue weighted by atomic mass is 32.2. The predicted octanol–water partition coefficient (Wildman–Crippen LogP) is 2.29. The Hall–Kier alpha value is -2.75. The number of nitrogens with zero attached hydrogens (tertiary/aromatic N) is 2. The van der Waals surface area contributed by atoms with Crippen LogP contribution in [0.5, 0.6) is 5.75 Å². The Balaban J connectivity index is 1.66. The Morgan fingerprint density at radius 3 is 2.43 bits per heavy atom. The van der Waals surface area contributed by atoms with Crippen molar-refractivity contribution in [2.45, 2.75) is 19.9 Å². The second-order valence-corrected chi connectivity index (χ2v) is 8.99. The van der Waals surface area contributed by atoms with Crippen LogP contribution in [0.2, 0.25) is 0 Å². The number of benzene rings is 2. The van der Waals surface area contributed by atoms with Crippen LogP contribution in [0.3, 0.4) is 0 Å². The minimum Gasteiger partial charge on any atom is -0.497 e. The number of ether oxygens (including phenoxy) is 1. The molecule has 0 radical (unpaired) electrons. The van der Waals surface area contributed by atoms with Crippen molar-refractivity contribution < 1.29 is 22.7 Å². The largest absolute Gasteiger partial charge is 0.497 e. The molecule has 0 spiro atoms. The number of nitrogens with one attached hydrogen (secondary N) is 1. The molecule has 0 atom stereocenters. The Morgan fingerprint density at radius 1 is 1.07 bits per heavy atom. The van der Waals surface area contributed by atoms with E-state index >= 15 is 0 Å². The number of hydrogen-bond donors (Lipinski definition) is 1. The van der Waals surface area contributed by atoms with Crippen LogP contribution in [0.1, 0.15) is 29.3 Å². The van der Waals surface area contributed by atoms with Crippen molar-refractivity contribution in [2.24, 2.45) is 0 Å². The highest BCUT2D eigenvalue weighted by Gasteiger charge is 2.34. The van der Waals surface area contributed by atoms with Gasteiger partial charge >= 0.3 is 0 Å². The van der Waals surface area contributed by atoms with E-state index in [1.807, 2.05) is 12.1 Å². The quantitative estimate of drug-likeness (QED) is 0.679. The van der Waals surface area contributed by atoms with E-state index in [4.69, 9.17) is 4.74 Å². The Bertz CT molecular complexity index is 1020. The normalized spacial score (nSPS) is 16.7. The van der Waals surface area contributed by atoms with Gasteiger partial charge in [-0.25, -0.2) is 0 Å². The van der Waals surface area contributed by atoms with Crippen LogP contribution < -0.4 is 10.1 Å². The van der Waals surface area contributed by atoms with Gasteiger partial charge in [0.2, 0.25) is 5.91 Å². The minimum atomic E-state index is -3.77. The van der Waals surface area contributed by atoms with E-state index in [1.165, 1.54) is 15.5 Å². The molecule has 3 rings (SSSR count). The highest BCUT2D eigenvalue weighted by molar-refractivity contribution is 7.86. The van der Waals surface area contributed by atoms with Gasteiger partial charge < -0.3 is 10.1 Å². The molecule has 1 saturated heterocycles. The highest BCUT2D eigenvalue weighted by Crippen LogP contribution is 2.21. The zero-order chi connectivity index (χ0) is 21.7. The molecule has 0 saturated carbocycles. The van der Waals surface area contributed by atoms with Gasteiger partial charge in [-0.1, -0.05) is 24.3 Å². The third-order valence-electron chi connectivity index (χ3n) is 4.86. The molecular formula is C21H25N3O5S. The SMILES string of the molecule is COc1ccc(CN2CCCN(CC(=O)Nc3cccc(C(C)=O)c3)S2(=O)=O)cc1. The maximum absolute atomic E-state index is 13.0. The lowest BCUT2D eigenvalue weighted by molar-refractivity contribution is -0.116. The molecule has 30 heavy (non-hydrogen) atoms. The van der Waals surface area contributed by atoms with E-state index in [-0.39, 0.29) is 25.4 Å². The van der Waals surface area contributed by atoms with Gasteiger partial charge in [-0.15, -0.1) is 0 Å². The van der Waals surface area contributed by atoms with E-state index in [1.54, 1.807) is 43.5 Å². The number of amides is 1. The van der Waals surface area contributed by atoms with Crippen LogP contribution in [0.25, 0.3) is 0 Å². The molecule has 0 aliphatic carbocycles. The lowest BCUT2D eigenvalue weighted by Gasteiger charge is -2.34. The molecule has 8 nitrogen and oxygen atoms in total. The van der Waals surface area contributed by atoms with Gasteiger partial charge in [-0.2, -0.15) is 17.0 Å². The second kappa shape index (κ2) is 9.38. The first-order valence-electron chi connectivity index (χ1n) is 9.58. The van der Waals surface area contributed by atoms with Gasteiger partial charge in [0.05, 0.1) is 13.7 Å². The van der Waals surface area contributed by atoms with Gasteiger partial charge in [0.15, 0.2) is 5.78 Å². The fourth-order valence-electron chi connectivity index (χ4n) is 3.25. The number of methoxy groups -OCH3 is 1. The molecule has 1 aliphatic heterocycles. The fraction of sp³-hybridized carbons (Fsp3) is 0.333. The first kappa shape index (κ1) is 21.9. The van der Waals surface area contributed by atoms with E-state index < -0.39 is 16.1 Å². The van der Waals surface area contributed by atoms with Crippen LogP contribution in [-0.4, -0.2) is 55.5 Å². The van der Waals surface area contributed by atoms with Gasteiger partial charge in [0.1, 0.15) is 5.75 Å². The van der Waals surface area contributed by atoms with Gasteiger partial charge in [0.25, 0.3) is 10.2 Å². The second-order valence-electron chi connectivity index (χ2n) is 7.06. The maximum atomic E-state index is 13.0. The number of carbonyl (C=O) groups is 2. The van der Waals surface area contributed by atoms with Gasteiger partial charge in [-0.05, 0) is 43.2 Å². The lowest BCUT2D eigenvalue weighted by atomic mass is 10.1. The average Bonchev–Trinajstić information content (AvgIpc) is 2.72. The molecule has 1 heterocycles. The van der Waals surface area contributed by atoms with E-state index in [9.17, 15) is 18.0 Å². The summed E-state index contributed by atoms with van der Waals surface area (Å²) in [5.41, 5.74) is 1.77. The number of carbonyl (C=O) groups excluding carboxylic acids is 2. The van der Waals surface area contributed by atoms with Crippen LogP contribution in [0, 0.1) is 0 Å². The van der Waals surface area contributed by atoms with Crippen LogP contribution >= 0.6 is 0 Å². The average molecular weight is 432 g/mol. The number of hydrogen-bond acceptors (Lipinski definition) is 5. The molecule has 2 aromatic carbocycles. The molecule has 1 aliphatic rings. The first-order valence-corrected chi connectivity index (χ1v) is 11.0. The summed E-state index contributed by atoms with van der Waals surface area (Å²) >= 11 is 0. The van der Waals surface area contributed by atoms with E-state index in [0.717, 1.165) is 5.56 Å². The molecule has 0 bridgehead atoms. The summed E-state index contributed by atoms with van der Waals surface area (Å²) in [6.07, 6.45) is 0.627. The first-order chi connectivity index (χ1) is 14.3. The summed E-state index contributed by atoms with van der Waals surface area (Å²) < 4.78 is 33.6. The number of anilines is 1. The van der Waals surface area contributed by atoms with Crippen LogP contribution in [0.15, 0.2) is 48.5 Å². The topological polar surface area (TPSA) is 96.0 Å². The third-order valence-corrected chi connectivity index (χ3v) is 6.79. The lowest BCUT2D eigenvalue weighted by Crippen LogP contribution is -2.51. The van der Waals surface area contributed by atoms with Gasteiger partial charge in [-0.3, -0.25) is 9.59 Å². The summed E-state index contributed by atoms with van der Waals surface area (Å²) in [5.74, 6) is 0.136. The maximum Gasteiger partial charge on any atom is 0.282 e. The van der Waals surface area contributed by atoms with Gasteiger partial charge in [0, 0.05) is 30.9 Å². The van der Waals surface area contributed by atoms with E-state index in [0.29, 0.717) is 30.0 Å². The summed E-state index contributed by atoms with van der Waals surface area (Å²) in [6.45, 7) is 2.06. The number of ketones is 1. The van der Waals surface area contributed by atoms with Crippen molar-refractivity contribution in [2.75, 3.05) is 32.1 Å². The molecular weight excluding hydrogens is 406 g/mol. The van der Waals surface area contributed by atoms with Crippen LogP contribution in [0.4, 0.5) is 5.69 Å². The molecule has 0 aromatic heterocycles. The number of Topliss-reactive ketones (excluding diaryl/α,β-unsaturated/α-hetero) is 1. The summed E-state index contributed by atoms with van der Waals surface area (Å²) in [6, 6.07) is 13.8. The van der Waals surface area contributed by atoms with E-state index in [2.05, 4.69) is 5.32 Å². The van der Waals surface area contributed by atoms with Crippen molar-refractivity contribution in [3.8, 4) is 5.75 Å². The monoisotopic (exact) mass is 431 g/mol. The molecule has 9 heteroatoms. The smallest absolute Gasteiger partial charge is 0.282 e. The molecule has 1 N–H and O–H groups in total. The Kier molecular flexibility index (Phi) is 6.86. The Labute approximate surface area is 176 Å². The zero-order valence-electron chi connectivity index (χ0n) is 17.0. The van der Waals surface area contributed by atoms with Crippen LogP contribution in [-0.2, 0) is 21.5 Å². The third kappa shape index (κ3) is 5.24. The standard InChI is InChI=1S/C21H25N3O5S/c1-16(25)18-5-3-6-19(13-18)22-21(26)15-24-12-4-11-23(30(24,27)28)14-17-7-9-20(29-2)10-8-17/h3,5-10,13H,4,11-12,14-15H2,1-2H3,(H,22,26). The van der Waals surface area contributed by atoms with Crippen molar-refractivity contribution >= 4 is 27.6 Å². The Morgan fingerprint density at radius 2 is 1.77 bits per heavy atom. The molecule has 2 aromatic rings. The summed E-state index contributed by atoms with van der Waals surface area (Å²) in [4.78, 5) is 23.9. The molecule has 0 unspecified atom stereocenters. The zero-order valence-corrected chi connectivity index (χ0v) is 17.8. The molecule has 1 fully saturated rings. The molecule has 1 amide bonds.